The van der Waals surface area contributed by atoms with Gasteiger partial charge >= 0.3 is 0 Å². The van der Waals surface area contributed by atoms with Crippen molar-refractivity contribution in [3.8, 4) is 0 Å². The van der Waals surface area contributed by atoms with Gasteiger partial charge in [-0.3, -0.25) is 10.9 Å². The molecule has 0 amide bonds. The molecule has 1 aliphatic heterocycles. The van der Waals surface area contributed by atoms with Crippen molar-refractivity contribution in [2.24, 2.45) is 0 Å². The van der Waals surface area contributed by atoms with E-state index < -0.39 is 0 Å². The molecule has 1 aromatic rings. The monoisotopic (exact) mass is 235 g/mol. The first-order valence-electron chi connectivity index (χ1n) is 6.20. The number of rotatable bonds is 4. The zero-order valence-electron chi connectivity index (χ0n) is 10.7. The fraction of sp³-hybridized carbons (Fsp3) is 0.667. The topological polar surface area (TPSA) is 61.9 Å². The minimum absolute atomic E-state index is 0.362. The molecule has 1 fully saturated rings. The van der Waals surface area contributed by atoms with Crippen LogP contribution in [0.1, 0.15) is 32.4 Å². The summed E-state index contributed by atoms with van der Waals surface area (Å²) >= 11 is 0. The predicted molar refractivity (Wildman–Crippen MR) is 68.6 cm³/mol. The van der Waals surface area contributed by atoms with Crippen molar-refractivity contribution in [3.05, 3.63) is 18.0 Å². The van der Waals surface area contributed by atoms with Gasteiger partial charge in [0.25, 0.3) is 0 Å². The molecule has 0 radical (unpaired) electrons. The van der Waals surface area contributed by atoms with E-state index in [1.165, 1.54) is 6.42 Å². The van der Waals surface area contributed by atoms with Crippen LogP contribution < -0.4 is 16.2 Å². The van der Waals surface area contributed by atoms with E-state index >= 15 is 0 Å². The second-order valence-electron chi connectivity index (χ2n) is 4.93. The number of aryl methyl sites for hydroxylation is 1. The molecule has 5 nitrogen and oxygen atoms in total. The zero-order valence-corrected chi connectivity index (χ0v) is 10.7. The summed E-state index contributed by atoms with van der Waals surface area (Å²) in [6, 6.07) is 3.35. The van der Waals surface area contributed by atoms with E-state index in [1.54, 1.807) is 6.20 Å². The van der Waals surface area contributed by atoms with Crippen LogP contribution in [0.3, 0.4) is 0 Å². The largest absolute Gasteiger partial charge is 0.352 e. The van der Waals surface area contributed by atoms with Crippen LogP contribution in [0.25, 0.3) is 0 Å². The van der Waals surface area contributed by atoms with Gasteiger partial charge in [-0.1, -0.05) is 0 Å². The maximum absolute atomic E-state index is 4.34. The molecule has 3 N–H and O–H groups in total. The van der Waals surface area contributed by atoms with Gasteiger partial charge in [0.2, 0.25) is 5.95 Å². The van der Waals surface area contributed by atoms with Gasteiger partial charge in [0.15, 0.2) is 0 Å². The van der Waals surface area contributed by atoms with Gasteiger partial charge < -0.3 is 5.32 Å². The summed E-state index contributed by atoms with van der Waals surface area (Å²) in [5.74, 6) is 0.719. The summed E-state index contributed by atoms with van der Waals surface area (Å²) in [5.41, 5.74) is 7.53. The Morgan fingerprint density at radius 2 is 2.35 bits per heavy atom. The van der Waals surface area contributed by atoms with Crippen LogP contribution in [0.15, 0.2) is 12.3 Å². The van der Waals surface area contributed by atoms with Gasteiger partial charge in [0, 0.05) is 30.0 Å². The molecule has 1 saturated heterocycles. The summed E-state index contributed by atoms with van der Waals surface area (Å²) in [6.45, 7) is 6.33. The highest BCUT2D eigenvalue weighted by Gasteiger charge is 2.21. The Morgan fingerprint density at radius 1 is 1.53 bits per heavy atom. The summed E-state index contributed by atoms with van der Waals surface area (Å²) in [4.78, 5) is 8.56. The summed E-state index contributed by atoms with van der Waals surface area (Å²) in [5, 5.41) is 3.33. The lowest BCUT2D eigenvalue weighted by Crippen LogP contribution is -2.35. The van der Waals surface area contributed by atoms with Gasteiger partial charge in [0.1, 0.15) is 0 Å². The molecule has 2 rings (SSSR count). The number of anilines is 1. The van der Waals surface area contributed by atoms with Crippen LogP contribution in [0.2, 0.25) is 0 Å². The van der Waals surface area contributed by atoms with E-state index in [4.69, 9.17) is 0 Å². The molecule has 17 heavy (non-hydrogen) atoms. The number of hydrogen-bond donors (Lipinski definition) is 3. The van der Waals surface area contributed by atoms with Gasteiger partial charge in [0.05, 0.1) is 0 Å². The Bertz CT molecular complexity index is 368. The molecular formula is C12H21N5. The Balaban J connectivity index is 1.83. The molecule has 0 spiro atoms. The molecule has 2 heterocycles. The Hall–Kier alpha value is -1.20. The molecule has 0 bridgehead atoms. The molecule has 3 atom stereocenters. The lowest BCUT2D eigenvalue weighted by atomic mass is 10.0. The fourth-order valence-electron chi connectivity index (χ4n) is 2.18. The number of aromatic nitrogens is 2. The van der Waals surface area contributed by atoms with Crippen molar-refractivity contribution in [1.29, 1.82) is 0 Å². The Kier molecular flexibility index (Phi) is 3.91. The minimum atomic E-state index is 0.362. The Morgan fingerprint density at radius 3 is 3.00 bits per heavy atom. The van der Waals surface area contributed by atoms with Crippen LogP contribution in [0, 0.1) is 6.92 Å². The first-order valence-corrected chi connectivity index (χ1v) is 6.20. The number of nitrogens with one attached hydrogen (secondary N) is 3. The van der Waals surface area contributed by atoms with Crippen molar-refractivity contribution in [1.82, 2.24) is 20.8 Å². The molecule has 1 aliphatic rings. The van der Waals surface area contributed by atoms with Crippen molar-refractivity contribution in [2.45, 2.75) is 51.7 Å². The highest BCUT2D eigenvalue weighted by Crippen LogP contribution is 2.12. The summed E-state index contributed by atoms with van der Waals surface area (Å²) in [7, 11) is 0. The Labute approximate surface area is 102 Å². The predicted octanol–water partition coefficient (Wildman–Crippen LogP) is 1.23. The zero-order chi connectivity index (χ0) is 12.3. The molecule has 1 aromatic heterocycles. The van der Waals surface area contributed by atoms with Crippen molar-refractivity contribution >= 4 is 5.95 Å². The van der Waals surface area contributed by atoms with E-state index in [-0.39, 0.29) is 0 Å². The second kappa shape index (κ2) is 5.42. The maximum atomic E-state index is 4.34. The highest BCUT2D eigenvalue weighted by atomic mass is 15.4. The van der Waals surface area contributed by atoms with Crippen LogP contribution in [-0.4, -0.2) is 28.1 Å². The summed E-state index contributed by atoms with van der Waals surface area (Å²) < 4.78 is 0. The lowest BCUT2D eigenvalue weighted by molar-refractivity contribution is 0.492. The van der Waals surface area contributed by atoms with E-state index in [0.717, 1.165) is 18.1 Å². The number of hydrazine groups is 1. The van der Waals surface area contributed by atoms with Crippen LogP contribution in [0.5, 0.6) is 0 Å². The highest BCUT2D eigenvalue weighted by molar-refractivity contribution is 5.26. The van der Waals surface area contributed by atoms with Gasteiger partial charge in [-0.2, -0.15) is 0 Å². The third-order valence-electron chi connectivity index (χ3n) is 2.98. The minimum Gasteiger partial charge on any atom is -0.352 e. The van der Waals surface area contributed by atoms with E-state index in [1.807, 2.05) is 13.0 Å². The quantitative estimate of drug-likeness (QED) is 0.732. The van der Waals surface area contributed by atoms with Crippen LogP contribution in [-0.2, 0) is 0 Å². The van der Waals surface area contributed by atoms with Crippen molar-refractivity contribution in [2.75, 3.05) is 5.32 Å². The van der Waals surface area contributed by atoms with Crippen LogP contribution in [0.4, 0.5) is 5.95 Å². The number of nitrogens with zero attached hydrogens (tertiary/aromatic N) is 2. The average Bonchev–Trinajstić information content (AvgIpc) is 2.63. The molecule has 3 unspecified atom stereocenters. The second-order valence-corrected chi connectivity index (χ2v) is 4.93. The first kappa shape index (κ1) is 12.3. The van der Waals surface area contributed by atoms with Gasteiger partial charge in [-0.15, -0.1) is 0 Å². The molecule has 0 aromatic carbocycles. The van der Waals surface area contributed by atoms with Gasteiger partial charge in [-0.25, -0.2) is 9.97 Å². The summed E-state index contributed by atoms with van der Waals surface area (Å²) in [6.07, 6.45) is 4.02. The molecular weight excluding hydrogens is 214 g/mol. The van der Waals surface area contributed by atoms with E-state index in [2.05, 4.69) is 40.0 Å². The van der Waals surface area contributed by atoms with Crippen molar-refractivity contribution < 1.29 is 0 Å². The normalized spacial score (nSPS) is 25.8. The fourth-order valence-corrected chi connectivity index (χ4v) is 2.18. The van der Waals surface area contributed by atoms with Gasteiger partial charge in [-0.05, 0) is 39.7 Å². The van der Waals surface area contributed by atoms with Crippen molar-refractivity contribution in [3.63, 3.8) is 0 Å². The van der Waals surface area contributed by atoms with Crippen LogP contribution >= 0.6 is 0 Å². The molecule has 5 heteroatoms. The molecule has 0 saturated carbocycles. The van der Waals surface area contributed by atoms with E-state index in [0.29, 0.717) is 18.1 Å². The maximum Gasteiger partial charge on any atom is 0.223 e. The SMILES string of the molecule is Cc1ccnc(NC(C)CC2CC(C)NN2)n1. The standard InChI is InChI=1S/C12H21N5/c1-8-4-5-13-12(14-8)15-9(2)6-11-7-10(3)16-17-11/h4-5,9-11,16-17H,6-7H2,1-3H3,(H,13,14,15). The van der Waals surface area contributed by atoms with E-state index in [9.17, 15) is 0 Å². The average molecular weight is 235 g/mol. The third-order valence-corrected chi connectivity index (χ3v) is 2.98. The number of hydrogen-bond acceptors (Lipinski definition) is 5. The molecule has 94 valence electrons. The first-order chi connectivity index (χ1) is 8.13. The lowest BCUT2D eigenvalue weighted by Gasteiger charge is -2.17. The smallest absolute Gasteiger partial charge is 0.223 e. The molecule has 0 aliphatic carbocycles. The third kappa shape index (κ3) is 3.64.